The lowest BCUT2D eigenvalue weighted by atomic mass is 10.1. The van der Waals surface area contributed by atoms with Gasteiger partial charge in [0.1, 0.15) is 0 Å². The third kappa shape index (κ3) is 3.82. The predicted molar refractivity (Wildman–Crippen MR) is 108 cm³/mol. The number of aryl methyl sites for hydroxylation is 1. The number of alkyl halides is 3. The summed E-state index contributed by atoms with van der Waals surface area (Å²) in [4.78, 5) is 4.51. The summed E-state index contributed by atoms with van der Waals surface area (Å²) in [5.41, 5.74) is 1.17. The molecule has 0 N–H and O–H groups in total. The summed E-state index contributed by atoms with van der Waals surface area (Å²) in [7, 11) is 0. The molecule has 2 heterocycles. The Bertz CT molecular complexity index is 1200. The standard InChI is InChI=1S/C21H14Cl2F3N3/c1-12-19-15(21(24,25)26)10-18(14-7-8-16(22)17(23)9-14)27-20(19)29(28-12)11-13-5-3-2-4-6-13/h2-10H,11H2,1H3. The zero-order chi connectivity index (χ0) is 20.8. The maximum absolute atomic E-state index is 13.9. The van der Waals surface area contributed by atoms with Crippen LogP contribution in [0.25, 0.3) is 22.3 Å². The highest BCUT2D eigenvalue weighted by atomic mass is 35.5. The largest absolute Gasteiger partial charge is 0.417 e. The molecule has 0 aliphatic rings. The summed E-state index contributed by atoms with van der Waals surface area (Å²) in [6, 6.07) is 15.0. The fraction of sp³-hybridized carbons (Fsp3) is 0.143. The molecule has 0 bridgehead atoms. The molecule has 2 aromatic carbocycles. The molecule has 148 valence electrons. The van der Waals surface area contributed by atoms with Crippen molar-refractivity contribution in [2.24, 2.45) is 0 Å². The van der Waals surface area contributed by atoms with E-state index < -0.39 is 11.7 Å². The predicted octanol–water partition coefficient (Wildman–Crippen LogP) is 6.78. The van der Waals surface area contributed by atoms with Crippen LogP contribution < -0.4 is 0 Å². The first kappa shape index (κ1) is 19.7. The van der Waals surface area contributed by atoms with Gasteiger partial charge in [-0.15, -0.1) is 0 Å². The van der Waals surface area contributed by atoms with Crippen molar-refractivity contribution in [3.05, 3.63) is 81.5 Å². The number of hydrogen-bond donors (Lipinski definition) is 0. The molecule has 0 aliphatic heterocycles. The molecule has 0 radical (unpaired) electrons. The number of rotatable bonds is 3. The number of hydrogen-bond acceptors (Lipinski definition) is 2. The normalized spacial score (nSPS) is 11.9. The van der Waals surface area contributed by atoms with Crippen molar-refractivity contribution in [3.63, 3.8) is 0 Å². The SMILES string of the molecule is Cc1nn(Cc2ccccc2)c2nc(-c3ccc(Cl)c(Cl)c3)cc(C(F)(F)F)c12. The van der Waals surface area contributed by atoms with E-state index in [0.29, 0.717) is 17.1 Å². The maximum atomic E-state index is 13.9. The summed E-state index contributed by atoms with van der Waals surface area (Å²) >= 11 is 12.0. The Balaban J connectivity index is 1.96. The van der Waals surface area contributed by atoms with E-state index in [0.717, 1.165) is 11.6 Å². The van der Waals surface area contributed by atoms with E-state index in [2.05, 4.69) is 10.1 Å². The van der Waals surface area contributed by atoms with Crippen LogP contribution in [0, 0.1) is 6.92 Å². The van der Waals surface area contributed by atoms with Gasteiger partial charge in [0.15, 0.2) is 5.65 Å². The Morgan fingerprint density at radius 1 is 0.966 bits per heavy atom. The number of halogens is 5. The van der Waals surface area contributed by atoms with Crippen LogP contribution >= 0.6 is 23.2 Å². The molecule has 0 fully saturated rings. The van der Waals surface area contributed by atoms with Gasteiger partial charge in [-0.25, -0.2) is 9.67 Å². The summed E-state index contributed by atoms with van der Waals surface area (Å²) in [6.07, 6.45) is -4.56. The number of pyridine rings is 1. The number of fused-ring (bicyclic) bond motifs is 1. The Morgan fingerprint density at radius 2 is 1.69 bits per heavy atom. The first-order chi connectivity index (χ1) is 13.7. The van der Waals surface area contributed by atoms with Gasteiger partial charge in [0.05, 0.1) is 38.9 Å². The third-order valence-corrected chi connectivity index (χ3v) is 5.31. The molecular weight excluding hydrogens is 422 g/mol. The van der Waals surface area contributed by atoms with Crippen molar-refractivity contribution < 1.29 is 13.2 Å². The Labute approximate surface area is 174 Å². The van der Waals surface area contributed by atoms with Crippen LogP contribution in [0.4, 0.5) is 13.2 Å². The summed E-state index contributed by atoms with van der Waals surface area (Å²) in [5, 5.41) is 4.89. The van der Waals surface area contributed by atoms with E-state index in [1.54, 1.807) is 13.0 Å². The fourth-order valence-corrected chi connectivity index (χ4v) is 3.55. The summed E-state index contributed by atoms with van der Waals surface area (Å²) < 4.78 is 43.1. The first-order valence-corrected chi connectivity index (χ1v) is 9.44. The van der Waals surface area contributed by atoms with Crippen molar-refractivity contribution in [1.82, 2.24) is 14.8 Å². The second-order valence-corrected chi connectivity index (χ2v) is 7.42. The molecule has 4 rings (SSSR count). The lowest BCUT2D eigenvalue weighted by Gasteiger charge is -2.12. The molecule has 0 atom stereocenters. The molecule has 29 heavy (non-hydrogen) atoms. The smallest absolute Gasteiger partial charge is 0.243 e. The molecule has 0 aliphatic carbocycles. The quantitative estimate of drug-likeness (QED) is 0.355. The van der Waals surface area contributed by atoms with Gasteiger partial charge in [0, 0.05) is 5.56 Å². The van der Waals surface area contributed by atoms with Gasteiger partial charge in [-0.2, -0.15) is 18.3 Å². The summed E-state index contributed by atoms with van der Waals surface area (Å²) in [5.74, 6) is 0. The molecule has 3 nitrogen and oxygen atoms in total. The van der Waals surface area contributed by atoms with Crippen LogP contribution in [0.5, 0.6) is 0 Å². The Hall–Kier alpha value is -2.57. The highest BCUT2D eigenvalue weighted by Gasteiger charge is 2.35. The van der Waals surface area contributed by atoms with Crippen LogP contribution in [0.15, 0.2) is 54.6 Å². The third-order valence-electron chi connectivity index (χ3n) is 4.57. The van der Waals surface area contributed by atoms with Gasteiger partial charge in [-0.3, -0.25) is 0 Å². The van der Waals surface area contributed by atoms with Crippen molar-refractivity contribution in [3.8, 4) is 11.3 Å². The zero-order valence-electron chi connectivity index (χ0n) is 15.1. The molecule has 0 saturated heterocycles. The van der Waals surface area contributed by atoms with Crippen LogP contribution in [-0.4, -0.2) is 14.8 Å². The minimum absolute atomic E-state index is 0.00255. The van der Waals surface area contributed by atoms with E-state index >= 15 is 0 Å². The first-order valence-electron chi connectivity index (χ1n) is 8.69. The molecule has 0 saturated carbocycles. The van der Waals surface area contributed by atoms with Crippen molar-refractivity contribution in [2.75, 3.05) is 0 Å². The maximum Gasteiger partial charge on any atom is 0.417 e. The van der Waals surface area contributed by atoms with Crippen molar-refractivity contribution in [2.45, 2.75) is 19.6 Å². The van der Waals surface area contributed by atoms with Crippen molar-refractivity contribution >= 4 is 34.2 Å². The van der Waals surface area contributed by atoms with E-state index in [9.17, 15) is 13.2 Å². The van der Waals surface area contributed by atoms with Crippen LogP contribution in [0.3, 0.4) is 0 Å². The Morgan fingerprint density at radius 3 is 2.34 bits per heavy atom. The minimum atomic E-state index is -4.56. The van der Waals surface area contributed by atoms with E-state index in [4.69, 9.17) is 23.2 Å². The number of nitrogens with zero attached hydrogens (tertiary/aromatic N) is 3. The summed E-state index contributed by atoms with van der Waals surface area (Å²) in [6.45, 7) is 1.86. The van der Waals surface area contributed by atoms with E-state index in [1.807, 2.05) is 30.3 Å². The van der Waals surface area contributed by atoms with Crippen LogP contribution in [0.1, 0.15) is 16.8 Å². The molecule has 2 aromatic heterocycles. The topological polar surface area (TPSA) is 30.7 Å². The van der Waals surface area contributed by atoms with Gasteiger partial charge in [-0.1, -0.05) is 59.6 Å². The highest BCUT2D eigenvalue weighted by Crippen LogP contribution is 2.39. The zero-order valence-corrected chi connectivity index (χ0v) is 16.6. The molecule has 0 unspecified atom stereocenters. The average Bonchev–Trinajstić information content (AvgIpc) is 2.99. The van der Waals surface area contributed by atoms with Gasteiger partial charge < -0.3 is 0 Å². The van der Waals surface area contributed by atoms with Gasteiger partial charge in [0.2, 0.25) is 0 Å². The van der Waals surface area contributed by atoms with Crippen molar-refractivity contribution in [1.29, 1.82) is 0 Å². The molecular formula is C21H14Cl2F3N3. The highest BCUT2D eigenvalue weighted by molar-refractivity contribution is 6.42. The molecule has 8 heteroatoms. The number of aromatic nitrogens is 3. The van der Waals surface area contributed by atoms with Gasteiger partial charge in [0.25, 0.3) is 0 Å². The fourth-order valence-electron chi connectivity index (χ4n) is 3.25. The monoisotopic (exact) mass is 435 g/mol. The van der Waals surface area contributed by atoms with Gasteiger partial charge >= 0.3 is 6.18 Å². The van der Waals surface area contributed by atoms with Crippen LogP contribution in [-0.2, 0) is 12.7 Å². The Kier molecular flexibility index (Phi) is 5.00. The van der Waals surface area contributed by atoms with E-state index in [1.165, 1.54) is 16.8 Å². The number of benzene rings is 2. The minimum Gasteiger partial charge on any atom is -0.243 e. The lowest BCUT2D eigenvalue weighted by molar-refractivity contribution is -0.136. The van der Waals surface area contributed by atoms with E-state index in [-0.39, 0.29) is 27.4 Å². The molecule has 0 spiro atoms. The molecule has 0 amide bonds. The molecule has 4 aromatic rings. The van der Waals surface area contributed by atoms with Crippen LogP contribution in [0.2, 0.25) is 10.0 Å². The van der Waals surface area contributed by atoms with Gasteiger partial charge in [-0.05, 0) is 30.7 Å². The second kappa shape index (κ2) is 7.35. The average molecular weight is 436 g/mol. The lowest BCUT2D eigenvalue weighted by Crippen LogP contribution is -2.08. The second-order valence-electron chi connectivity index (χ2n) is 6.61.